The monoisotopic (exact) mass is 355 g/mol. The molecule has 0 spiro atoms. The maximum absolute atomic E-state index is 5.89. The third-order valence-electron chi connectivity index (χ3n) is 2.78. The van der Waals surface area contributed by atoms with Crippen molar-refractivity contribution in [3.63, 3.8) is 0 Å². The quantitative estimate of drug-likeness (QED) is 0.857. The lowest BCUT2D eigenvalue weighted by atomic mass is 10.1. The zero-order valence-electron chi connectivity index (χ0n) is 12.4. The first-order valence-electron chi connectivity index (χ1n) is 6.51. The van der Waals surface area contributed by atoms with Gasteiger partial charge in [0, 0.05) is 23.6 Å². The third-order valence-corrected chi connectivity index (χ3v) is 3.53. The summed E-state index contributed by atoms with van der Waals surface area (Å²) in [5, 5.41) is 14.4. The van der Waals surface area contributed by atoms with E-state index in [1.54, 1.807) is 18.8 Å². The lowest BCUT2D eigenvalue weighted by Crippen LogP contribution is -2.12. The van der Waals surface area contributed by atoms with Gasteiger partial charge >= 0.3 is 0 Å². The van der Waals surface area contributed by atoms with Crippen molar-refractivity contribution < 1.29 is 9.47 Å². The van der Waals surface area contributed by atoms with Gasteiger partial charge in [-0.2, -0.15) is 0 Å². The summed E-state index contributed by atoms with van der Waals surface area (Å²) < 4.78 is 13.8. The molecule has 0 radical (unpaired) electrons. The molecule has 2 rings (SSSR count). The van der Waals surface area contributed by atoms with Crippen molar-refractivity contribution in [2.75, 3.05) is 12.4 Å². The number of nitrogens with zero attached hydrogens (tertiary/aromatic N) is 4. The summed E-state index contributed by atoms with van der Waals surface area (Å²) in [5.41, 5.74) is 0.950. The fraction of sp³-hybridized carbons (Fsp3) is 0.462. The summed E-state index contributed by atoms with van der Waals surface area (Å²) in [6.07, 6.45) is 0.0449. The minimum Gasteiger partial charge on any atom is -0.493 e. The van der Waals surface area contributed by atoms with E-state index in [2.05, 4.69) is 36.8 Å². The summed E-state index contributed by atoms with van der Waals surface area (Å²) in [5.74, 6) is 1.99. The van der Waals surface area contributed by atoms with Crippen molar-refractivity contribution >= 4 is 21.9 Å². The van der Waals surface area contributed by atoms with E-state index < -0.39 is 0 Å². The molecule has 8 heteroatoms. The van der Waals surface area contributed by atoms with Gasteiger partial charge in [-0.25, -0.2) is 4.68 Å². The van der Waals surface area contributed by atoms with Crippen molar-refractivity contribution in [3.05, 3.63) is 22.2 Å². The number of rotatable bonds is 6. The average molecular weight is 356 g/mol. The van der Waals surface area contributed by atoms with Crippen LogP contribution in [0.15, 0.2) is 16.6 Å². The van der Waals surface area contributed by atoms with Crippen LogP contribution in [0.3, 0.4) is 0 Å². The van der Waals surface area contributed by atoms with Crippen molar-refractivity contribution in [3.8, 4) is 11.5 Å². The topological polar surface area (TPSA) is 74.1 Å². The molecular weight excluding hydrogens is 338 g/mol. The SMILES string of the molecule is COc1ccc(Br)c(CNc2nnnn2C)c1OC(C)C. The van der Waals surface area contributed by atoms with Crippen LogP contribution in [0.4, 0.5) is 5.95 Å². The molecule has 21 heavy (non-hydrogen) atoms. The number of nitrogens with one attached hydrogen (secondary N) is 1. The number of ether oxygens (including phenoxy) is 2. The van der Waals surface area contributed by atoms with Crippen LogP contribution in [0.1, 0.15) is 19.4 Å². The summed E-state index contributed by atoms with van der Waals surface area (Å²) >= 11 is 3.55. The number of hydrogen-bond acceptors (Lipinski definition) is 6. The van der Waals surface area contributed by atoms with E-state index in [1.165, 1.54) is 0 Å². The molecule has 0 unspecified atom stereocenters. The first-order valence-corrected chi connectivity index (χ1v) is 7.30. The maximum Gasteiger partial charge on any atom is 0.242 e. The molecule has 0 fully saturated rings. The van der Waals surface area contributed by atoms with Gasteiger partial charge in [0.15, 0.2) is 11.5 Å². The molecule has 1 aromatic carbocycles. The molecule has 0 saturated carbocycles. The van der Waals surface area contributed by atoms with Gasteiger partial charge in [0.25, 0.3) is 0 Å². The minimum atomic E-state index is 0.0449. The second kappa shape index (κ2) is 6.75. The average Bonchev–Trinajstić information content (AvgIpc) is 2.83. The van der Waals surface area contributed by atoms with Crippen molar-refractivity contribution in [1.82, 2.24) is 20.2 Å². The number of halogens is 1. The standard InChI is InChI=1S/C13H18BrN5O2/c1-8(2)21-12-9(10(14)5-6-11(12)20-4)7-15-13-16-17-18-19(13)3/h5-6,8H,7H2,1-4H3,(H,15,16,18). The number of methoxy groups -OCH3 is 1. The Balaban J connectivity index is 2.29. The van der Waals surface area contributed by atoms with Crippen LogP contribution < -0.4 is 14.8 Å². The van der Waals surface area contributed by atoms with Crippen LogP contribution in [0.5, 0.6) is 11.5 Å². The Morgan fingerprint density at radius 3 is 2.71 bits per heavy atom. The predicted octanol–water partition coefficient (Wildman–Crippen LogP) is 2.38. The number of benzene rings is 1. The number of aryl methyl sites for hydroxylation is 1. The highest BCUT2D eigenvalue weighted by Gasteiger charge is 2.16. The molecule has 0 saturated heterocycles. The van der Waals surface area contributed by atoms with Gasteiger partial charge in [0.2, 0.25) is 5.95 Å². The molecule has 114 valence electrons. The molecule has 2 aromatic rings. The molecule has 1 aromatic heterocycles. The summed E-state index contributed by atoms with van der Waals surface area (Å²) in [6, 6.07) is 3.80. The molecule has 0 atom stereocenters. The van der Waals surface area contributed by atoms with Crippen LogP contribution in [0.25, 0.3) is 0 Å². The van der Waals surface area contributed by atoms with E-state index in [0.717, 1.165) is 10.0 Å². The first kappa shape index (κ1) is 15.6. The highest BCUT2D eigenvalue weighted by atomic mass is 79.9. The summed E-state index contributed by atoms with van der Waals surface area (Å²) in [4.78, 5) is 0. The van der Waals surface area contributed by atoms with Crippen molar-refractivity contribution in [2.45, 2.75) is 26.5 Å². The number of anilines is 1. The van der Waals surface area contributed by atoms with Gasteiger partial charge in [-0.15, -0.1) is 0 Å². The number of tetrazole rings is 1. The molecule has 0 aliphatic heterocycles. The van der Waals surface area contributed by atoms with Crippen LogP contribution in [-0.4, -0.2) is 33.4 Å². The molecule has 0 bridgehead atoms. The first-order chi connectivity index (χ1) is 10.0. The molecule has 1 N–H and O–H groups in total. The normalized spacial score (nSPS) is 10.8. The summed E-state index contributed by atoms with van der Waals surface area (Å²) in [6.45, 7) is 4.46. The van der Waals surface area contributed by atoms with Gasteiger partial charge in [0.1, 0.15) is 0 Å². The molecular formula is C13H18BrN5O2. The Labute approximate surface area is 131 Å². The highest BCUT2D eigenvalue weighted by molar-refractivity contribution is 9.10. The van der Waals surface area contributed by atoms with Crippen molar-refractivity contribution in [2.24, 2.45) is 7.05 Å². The molecule has 0 amide bonds. The number of aromatic nitrogens is 4. The van der Waals surface area contributed by atoms with E-state index in [9.17, 15) is 0 Å². The van der Waals surface area contributed by atoms with Crippen LogP contribution >= 0.6 is 15.9 Å². The zero-order valence-corrected chi connectivity index (χ0v) is 14.0. The Hall–Kier alpha value is -1.83. The Morgan fingerprint density at radius 1 is 1.38 bits per heavy atom. The maximum atomic E-state index is 5.89. The smallest absolute Gasteiger partial charge is 0.242 e. The van der Waals surface area contributed by atoms with E-state index in [-0.39, 0.29) is 6.10 Å². The molecule has 7 nitrogen and oxygen atoms in total. The fourth-order valence-corrected chi connectivity index (χ4v) is 2.27. The molecule has 0 aliphatic rings. The predicted molar refractivity (Wildman–Crippen MR) is 82.6 cm³/mol. The van der Waals surface area contributed by atoms with Gasteiger partial charge in [-0.3, -0.25) is 0 Å². The van der Waals surface area contributed by atoms with Gasteiger partial charge in [-0.05, 0) is 36.4 Å². The van der Waals surface area contributed by atoms with E-state index >= 15 is 0 Å². The lowest BCUT2D eigenvalue weighted by Gasteiger charge is -2.19. The molecule has 1 heterocycles. The second-order valence-electron chi connectivity index (χ2n) is 4.70. The van der Waals surface area contributed by atoms with E-state index in [1.807, 2.05) is 26.0 Å². The van der Waals surface area contributed by atoms with E-state index in [4.69, 9.17) is 9.47 Å². The number of hydrogen-bond donors (Lipinski definition) is 1. The van der Waals surface area contributed by atoms with Crippen molar-refractivity contribution in [1.29, 1.82) is 0 Å². The van der Waals surface area contributed by atoms with Crippen LogP contribution in [0, 0.1) is 0 Å². The molecule has 0 aliphatic carbocycles. The Kier molecular flexibility index (Phi) is 5.00. The largest absolute Gasteiger partial charge is 0.493 e. The third kappa shape index (κ3) is 3.63. The second-order valence-corrected chi connectivity index (χ2v) is 5.56. The van der Waals surface area contributed by atoms with E-state index in [0.29, 0.717) is 24.0 Å². The zero-order chi connectivity index (χ0) is 15.4. The van der Waals surface area contributed by atoms with Gasteiger partial charge in [-0.1, -0.05) is 21.0 Å². The van der Waals surface area contributed by atoms with Gasteiger partial charge in [0.05, 0.1) is 13.2 Å². The van der Waals surface area contributed by atoms with Crippen LogP contribution in [-0.2, 0) is 13.6 Å². The van der Waals surface area contributed by atoms with Crippen LogP contribution in [0.2, 0.25) is 0 Å². The Bertz CT molecular complexity index is 615. The highest BCUT2D eigenvalue weighted by Crippen LogP contribution is 2.37. The van der Waals surface area contributed by atoms with Gasteiger partial charge < -0.3 is 14.8 Å². The lowest BCUT2D eigenvalue weighted by molar-refractivity contribution is 0.227. The fourth-order valence-electron chi connectivity index (χ4n) is 1.82. The summed E-state index contributed by atoms with van der Waals surface area (Å²) in [7, 11) is 3.40. The Morgan fingerprint density at radius 2 is 2.14 bits per heavy atom. The minimum absolute atomic E-state index is 0.0449.